The van der Waals surface area contributed by atoms with Gasteiger partial charge in [0.05, 0.1) is 0 Å². The zero-order valence-corrected chi connectivity index (χ0v) is 19.6. The van der Waals surface area contributed by atoms with Gasteiger partial charge in [0.15, 0.2) is 0 Å². The Morgan fingerprint density at radius 3 is 1.17 bits per heavy atom. The fourth-order valence-electron chi connectivity index (χ4n) is 1.77. The van der Waals surface area contributed by atoms with Gasteiger partial charge in [-0.05, 0) is 0 Å². The van der Waals surface area contributed by atoms with Crippen LogP contribution in [-0.4, -0.2) is 12.1 Å². The molecule has 4 heteroatoms. The van der Waals surface area contributed by atoms with Crippen molar-refractivity contribution in [3.8, 4) is 0 Å². The summed E-state index contributed by atoms with van der Waals surface area (Å²) in [6, 6.07) is 0. The molecule has 0 radical (unpaired) electrons. The van der Waals surface area contributed by atoms with Gasteiger partial charge in [-0.3, -0.25) is 0 Å². The Morgan fingerprint density at radius 1 is 0.611 bits per heavy atom. The van der Waals surface area contributed by atoms with Gasteiger partial charge in [0.1, 0.15) is 0 Å². The number of hydrogen-bond acceptors (Lipinski definition) is 2. The molecule has 0 aliphatic rings. The quantitative estimate of drug-likeness (QED) is 0.250. The zero-order chi connectivity index (χ0) is 10.5. The Morgan fingerprint density at radius 2 is 0.889 bits per heavy atom. The third-order valence-corrected chi connectivity index (χ3v) is 2.75. The van der Waals surface area contributed by atoms with Crippen LogP contribution in [0, 0.1) is 7.43 Å². The van der Waals surface area contributed by atoms with E-state index in [2.05, 4.69) is 6.92 Å². The van der Waals surface area contributed by atoms with Gasteiger partial charge in [0.25, 0.3) is 0 Å². The molecule has 0 atom stereocenters. The van der Waals surface area contributed by atoms with Crippen molar-refractivity contribution in [1.82, 2.24) is 0 Å². The molecule has 0 spiro atoms. The maximum atomic E-state index is 10.2. The van der Waals surface area contributed by atoms with E-state index in [0.29, 0.717) is 0 Å². The number of unbranched alkanes of at least 4 members (excludes halogenated alkanes) is 10. The minimum absolute atomic E-state index is 0. The van der Waals surface area contributed by atoms with Gasteiger partial charge >= 0.3 is 103 Å². The van der Waals surface area contributed by atoms with Crippen LogP contribution in [0.2, 0.25) is 0 Å². The molecule has 0 aromatic carbocycles. The van der Waals surface area contributed by atoms with Gasteiger partial charge in [-0.2, -0.15) is 0 Å². The molecule has 0 bridgehead atoms. The predicted octanol–water partition coefficient (Wildman–Crippen LogP) is -2.06. The van der Waals surface area contributed by atoms with Crippen molar-refractivity contribution in [3.05, 3.63) is 7.43 Å². The van der Waals surface area contributed by atoms with Gasteiger partial charge in [0.2, 0.25) is 0 Å². The van der Waals surface area contributed by atoms with Gasteiger partial charge in [-0.15, -0.1) is 6.61 Å². The molecule has 0 fully saturated rings. The van der Waals surface area contributed by atoms with E-state index in [1.54, 1.807) is 0 Å². The van der Waals surface area contributed by atoms with Crippen molar-refractivity contribution in [2.75, 3.05) is 6.61 Å². The Labute approximate surface area is 201 Å². The van der Waals surface area contributed by atoms with Crippen molar-refractivity contribution in [2.24, 2.45) is 0 Å². The Hall–Kier alpha value is 3.19. The Bertz CT molecular complexity index is 91.8. The largest absolute Gasteiger partial charge is 1.00 e. The predicted molar refractivity (Wildman–Crippen MR) is 69.7 cm³/mol. The van der Waals surface area contributed by atoms with Crippen LogP contribution >= 0.6 is 0 Å². The van der Waals surface area contributed by atoms with E-state index in [-0.39, 0.29) is 122 Å². The summed E-state index contributed by atoms with van der Waals surface area (Å²) in [5, 5.41) is 10.2. The average molecular weight is 310 g/mol. The first-order valence-electron chi connectivity index (χ1n) is 6.50. The summed E-state index contributed by atoms with van der Waals surface area (Å²) in [5.41, 5.74) is 0. The summed E-state index contributed by atoms with van der Waals surface area (Å²) >= 11 is 0. The molecule has 102 valence electrons. The maximum absolute atomic E-state index is 10.2. The minimum Gasteiger partial charge on any atom is -0.870 e. The molecule has 0 heterocycles. The normalized spacial score (nSPS) is 8.33. The van der Waals surface area contributed by atoms with Crippen molar-refractivity contribution in [2.45, 2.75) is 77.6 Å². The molecule has 18 heavy (non-hydrogen) atoms. The molecule has 0 aromatic rings. The van der Waals surface area contributed by atoms with Gasteiger partial charge in [-0.1, -0.05) is 77.6 Å². The number of rotatable bonds is 11. The fraction of sp³-hybridized carbons (Fsp3) is 0.929. The third kappa shape index (κ3) is 31.5. The van der Waals surface area contributed by atoms with Crippen molar-refractivity contribution >= 4 is 0 Å². The Kier molecular flexibility index (Phi) is 59.0. The van der Waals surface area contributed by atoms with Crippen molar-refractivity contribution in [3.63, 3.8) is 0 Å². The van der Waals surface area contributed by atoms with Crippen LogP contribution in [0.3, 0.4) is 0 Å². The smallest absolute Gasteiger partial charge is 0.870 e. The van der Waals surface area contributed by atoms with Crippen LogP contribution in [0.1, 0.15) is 77.6 Å². The van der Waals surface area contributed by atoms with Crippen LogP contribution in [0.15, 0.2) is 0 Å². The molecular weight excluding hydrogens is 278 g/mol. The van der Waals surface area contributed by atoms with E-state index in [0.717, 1.165) is 12.8 Å². The first kappa shape index (κ1) is 33.0. The monoisotopic (exact) mass is 309 g/mol. The summed E-state index contributed by atoms with van der Waals surface area (Å²) in [5.74, 6) is 0. The van der Waals surface area contributed by atoms with Gasteiger partial charge in [-0.25, -0.2) is 0 Å². The van der Waals surface area contributed by atoms with E-state index in [9.17, 15) is 5.11 Å². The molecule has 0 saturated heterocycles. The zero-order valence-electron chi connectivity index (χ0n) is 13.3. The van der Waals surface area contributed by atoms with E-state index < -0.39 is 0 Å². The summed E-state index contributed by atoms with van der Waals surface area (Å²) in [7, 11) is 0. The molecule has 1 N–H and O–H groups in total. The molecule has 0 rings (SSSR count). The van der Waals surface area contributed by atoms with Gasteiger partial charge < -0.3 is 18.0 Å². The van der Waals surface area contributed by atoms with E-state index >= 15 is 0 Å². The summed E-state index contributed by atoms with van der Waals surface area (Å²) in [6.07, 6.45) is 14.5. The second kappa shape index (κ2) is 32.2. The number of hydrogen-bond donors (Lipinski definition) is 0. The molecule has 0 saturated carbocycles. The van der Waals surface area contributed by atoms with Crippen LogP contribution in [0.5, 0.6) is 0 Å². The summed E-state index contributed by atoms with van der Waals surface area (Å²) in [6.45, 7) is 2.38. The second-order valence-electron chi connectivity index (χ2n) is 4.24. The summed E-state index contributed by atoms with van der Waals surface area (Å²) < 4.78 is 0. The molecule has 0 aromatic heterocycles. The molecule has 0 unspecified atom stereocenters. The Balaban J connectivity index is -0.000000141. The molecular formula is C14H31K2O2-. The van der Waals surface area contributed by atoms with Crippen LogP contribution in [-0.2, 0) is 0 Å². The third-order valence-electron chi connectivity index (χ3n) is 2.75. The first-order valence-corrected chi connectivity index (χ1v) is 6.50. The molecule has 0 amide bonds. The van der Waals surface area contributed by atoms with Crippen LogP contribution in [0.4, 0.5) is 0 Å². The topological polar surface area (TPSA) is 53.1 Å². The molecule has 0 aliphatic heterocycles. The molecule has 0 aliphatic carbocycles. The van der Waals surface area contributed by atoms with E-state index in [4.69, 9.17) is 0 Å². The standard InChI is InChI=1S/C13H27O.CH3.2K.H2O/c1-2-3-4-5-6-7-8-9-10-11-12-13-14;;;;/h2-13H2,1H3;1H3;;;1H2/q2*-1;2*+1;/p-1. The SMILES string of the molecule is CCCCCCCCCCCCC[O-].[CH3-].[K+].[K+].[OH-]. The maximum Gasteiger partial charge on any atom is 1.00 e. The van der Waals surface area contributed by atoms with Gasteiger partial charge in [0, 0.05) is 0 Å². The minimum atomic E-state index is 0. The van der Waals surface area contributed by atoms with E-state index in [1.807, 2.05) is 0 Å². The van der Waals surface area contributed by atoms with Crippen molar-refractivity contribution < 1.29 is 113 Å². The average Bonchev–Trinajstić information content (AvgIpc) is 2.21. The first-order chi connectivity index (χ1) is 6.91. The molecule has 2 nitrogen and oxygen atoms in total. The van der Waals surface area contributed by atoms with Crippen LogP contribution < -0.4 is 108 Å². The van der Waals surface area contributed by atoms with Crippen LogP contribution in [0.25, 0.3) is 0 Å². The second-order valence-corrected chi connectivity index (χ2v) is 4.24. The fourth-order valence-corrected chi connectivity index (χ4v) is 1.77. The van der Waals surface area contributed by atoms with Crippen molar-refractivity contribution in [1.29, 1.82) is 0 Å². The summed E-state index contributed by atoms with van der Waals surface area (Å²) in [4.78, 5) is 0. The van der Waals surface area contributed by atoms with E-state index in [1.165, 1.54) is 57.8 Å².